The number of thiophene rings is 1. The predicted molar refractivity (Wildman–Crippen MR) is 77.4 cm³/mol. The highest BCUT2D eigenvalue weighted by atomic mass is 32.1. The molecule has 1 aromatic heterocycles. The Morgan fingerprint density at radius 3 is 2.84 bits per heavy atom. The predicted octanol–water partition coefficient (Wildman–Crippen LogP) is 4.40. The molecule has 1 N–H and O–H groups in total. The SMILES string of the molecule is CCCc1cc(C(=O)Nc2cccc(F)c2)sc1C. The Bertz CT molecular complexity index is 592. The Kier molecular flexibility index (Phi) is 4.32. The number of rotatable bonds is 4. The Labute approximate surface area is 116 Å². The molecule has 2 aromatic rings. The lowest BCUT2D eigenvalue weighted by Crippen LogP contribution is -2.10. The van der Waals surface area contributed by atoms with Gasteiger partial charge in [-0.15, -0.1) is 11.3 Å². The van der Waals surface area contributed by atoms with Gasteiger partial charge in [-0.1, -0.05) is 19.4 Å². The van der Waals surface area contributed by atoms with Crippen molar-refractivity contribution in [2.75, 3.05) is 5.32 Å². The van der Waals surface area contributed by atoms with Crippen LogP contribution in [0.25, 0.3) is 0 Å². The number of anilines is 1. The van der Waals surface area contributed by atoms with Crippen molar-refractivity contribution < 1.29 is 9.18 Å². The molecule has 0 aliphatic carbocycles. The van der Waals surface area contributed by atoms with E-state index < -0.39 is 0 Å². The molecular formula is C15H16FNOS. The standard InChI is InChI=1S/C15H16FNOS/c1-3-5-11-8-14(19-10(11)2)15(18)17-13-7-4-6-12(16)9-13/h4,6-9H,3,5H2,1-2H3,(H,17,18). The van der Waals surface area contributed by atoms with Crippen molar-refractivity contribution in [3.63, 3.8) is 0 Å². The van der Waals surface area contributed by atoms with E-state index in [2.05, 4.69) is 12.2 Å². The summed E-state index contributed by atoms with van der Waals surface area (Å²) in [6, 6.07) is 7.84. The van der Waals surface area contributed by atoms with Gasteiger partial charge in [-0.3, -0.25) is 4.79 Å². The summed E-state index contributed by atoms with van der Waals surface area (Å²) in [6.45, 7) is 4.14. The van der Waals surface area contributed by atoms with Crippen LogP contribution < -0.4 is 5.32 Å². The van der Waals surface area contributed by atoms with Crippen molar-refractivity contribution >= 4 is 22.9 Å². The van der Waals surface area contributed by atoms with E-state index in [4.69, 9.17) is 0 Å². The molecule has 0 saturated heterocycles. The fourth-order valence-electron chi connectivity index (χ4n) is 1.91. The van der Waals surface area contributed by atoms with Crippen LogP contribution >= 0.6 is 11.3 Å². The maximum Gasteiger partial charge on any atom is 0.265 e. The van der Waals surface area contributed by atoms with E-state index >= 15 is 0 Å². The van der Waals surface area contributed by atoms with Crippen LogP contribution in [0.2, 0.25) is 0 Å². The highest BCUT2D eigenvalue weighted by Crippen LogP contribution is 2.24. The summed E-state index contributed by atoms with van der Waals surface area (Å²) in [5, 5.41) is 2.71. The van der Waals surface area contributed by atoms with Gasteiger partial charge in [0.05, 0.1) is 4.88 Å². The van der Waals surface area contributed by atoms with E-state index in [9.17, 15) is 9.18 Å². The van der Waals surface area contributed by atoms with Crippen LogP contribution in [0.3, 0.4) is 0 Å². The largest absolute Gasteiger partial charge is 0.321 e. The highest BCUT2D eigenvalue weighted by molar-refractivity contribution is 7.14. The van der Waals surface area contributed by atoms with Gasteiger partial charge in [0.1, 0.15) is 5.82 Å². The van der Waals surface area contributed by atoms with Crippen molar-refractivity contribution in [1.82, 2.24) is 0 Å². The number of amides is 1. The second-order valence-corrected chi connectivity index (χ2v) is 5.66. The minimum Gasteiger partial charge on any atom is -0.321 e. The molecule has 0 saturated carbocycles. The molecule has 2 nitrogen and oxygen atoms in total. The number of aryl methyl sites for hydroxylation is 2. The van der Waals surface area contributed by atoms with Crippen LogP contribution in [-0.2, 0) is 6.42 Å². The number of hydrogen-bond acceptors (Lipinski definition) is 2. The first-order chi connectivity index (χ1) is 9.10. The molecule has 0 aliphatic rings. The van der Waals surface area contributed by atoms with Gasteiger partial charge in [0.2, 0.25) is 0 Å². The molecule has 19 heavy (non-hydrogen) atoms. The van der Waals surface area contributed by atoms with Crippen LogP contribution in [0.4, 0.5) is 10.1 Å². The summed E-state index contributed by atoms with van der Waals surface area (Å²) >= 11 is 1.48. The van der Waals surface area contributed by atoms with Gasteiger partial charge < -0.3 is 5.32 Å². The van der Waals surface area contributed by atoms with Crippen LogP contribution in [0.5, 0.6) is 0 Å². The van der Waals surface area contributed by atoms with Crippen LogP contribution in [0.1, 0.15) is 33.5 Å². The maximum absolute atomic E-state index is 13.0. The molecule has 0 unspecified atom stereocenters. The highest BCUT2D eigenvalue weighted by Gasteiger charge is 2.12. The van der Waals surface area contributed by atoms with Gasteiger partial charge in [0.25, 0.3) is 5.91 Å². The second kappa shape index (κ2) is 5.97. The average Bonchev–Trinajstić information content (AvgIpc) is 2.72. The maximum atomic E-state index is 13.0. The van der Waals surface area contributed by atoms with E-state index in [0.29, 0.717) is 10.6 Å². The van der Waals surface area contributed by atoms with Gasteiger partial charge in [0.15, 0.2) is 0 Å². The number of hydrogen-bond donors (Lipinski definition) is 1. The normalized spacial score (nSPS) is 10.5. The summed E-state index contributed by atoms with van der Waals surface area (Å²) in [6.07, 6.45) is 2.04. The Morgan fingerprint density at radius 1 is 1.37 bits per heavy atom. The van der Waals surface area contributed by atoms with E-state index in [0.717, 1.165) is 12.8 Å². The fourth-order valence-corrected chi connectivity index (χ4v) is 2.88. The summed E-state index contributed by atoms with van der Waals surface area (Å²) in [5.74, 6) is -0.534. The zero-order valence-corrected chi connectivity index (χ0v) is 11.8. The zero-order chi connectivity index (χ0) is 13.8. The quantitative estimate of drug-likeness (QED) is 0.881. The molecule has 1 aromatic carbocycles. The van der Waals surface area contributed by atoms with Gasteiger partial charge in [-0.2, -0.15) is 0 Å². The van der Waals surface area contributed by atoms with E-state index in [1.807, 2.05) is 13.0 Å². The third kappa shape index (κ3) is 3.41. The fraction of sp³-hybridized carbons (Fsp3) is 0.267. The molecular weight excluding hydrogens is 261 g/mol. The van der Waals surface area contributed by atoms with Gasteiger partial charge >= 0.3 is 0 Å². The molecule has 100 valence electrons. The molecule has 2 rings (SSSR count). The second-order valence-electron chi connectivity index (χ2n) is 4.41. The molecule has 0 bridgehead atoms. The van der Waals surface area contributed by atoms with Gasteiger partial charge in [-0.05, 0) is 43.2 Å². The summed E-state index contributed by atoms with van der Waals surface area (Å²) in [7, 11) is 0. The molecule has 1 amide bonds. The van der Waals surface area contributed by atoms with Gasteiger partial charge in [-0.25, -0.2) is 4.39 Å². The van der Waals surface area contributed by atoms with Crippen molar-refractivity contribution in [3.8, 4) is 0 Å². The third-order valence-electron chi connectivity index (χ3n) is 2.85. The first kappa shape index (κ1) is 13.7. The number of halogens is 1. The molecule has 0 atom stereocenters. The first-order valence-corrected chi connectivity index (χ1v) is 7.08. The lowest BCUT2D eigenvalue weighted by atomic mass is 10.1. The van der Waals surface area contributed by atoms with Crippen LogP contribution in [-0.4, -0.2) is 5.91 Å². The molecule has 0 fully saturated rings. The Hall–Kier alpha value is -1.68. The Balaban J connectivity index is 2.14. The summed E-state index contributed by atoms with van der Waals surface area (Å²) in [4.78, 5) is 13.9. The number of carbonyl (C=O) groups is 1. The molecule has 0 aliphatic heterocycles. The van der Waals surface area contributed by atoms with E-state index in [1.165, 1.54) is 33.9 Å². The molecule has 4 heteroatoms. The minimum absolute atomic E-state index is 0.180. The molecule has 0 radical (unpaired) electrons. The van der Waals surface area contributed by atoms with E-state index in [-0.39, 0.29) is 11.7 Å². The third-order valence-corrected chi connectivity index (χ3v) is 3.94. The smallest absolute Gasteiger partial charge is 0.265 e. The van der Waals surface area contributed by atoms with Crippen molar-refractivity contribution in [1.29, 1.82) is 0 Å². The lowest BCUT2D eigenvalue weighted by molar-refractivity contribution is 0.103. The Morgan fingerprint density at radius 2 is 2.16 bits per heavy atom. The van der Waals surface area contributed by atoms with Crippen molar-refractivity contribution in [2.45, 2.75) is 26.7 Å². The van der Waals surface area contributed by atoms with Crippen molar-refractivity contribution in [3.05, 3.63) is 51.5 Å². The first-order valence-electron chi connectivity index (χ1n) is 6.26. The number of benzene rings is 1. The number of carbonyl (C=O) groups excluding carboxylic acids is 1. The van der Waals surface area contributed by atoms with Crippen LogP contribution in [0, 0.1) is 12.7 Å². The lowest BCUT2D eigenvalue weighted by Gasteiger charge is -2.02. The summed E-state index contributed by atoms with van der Waals surface area (Å²) < 4.78 is 13.0. The zero-order valence-electron chi connectivity index (χ0n) is 11.0. The minimum atomic E-state index is -0.355. The summed E-state index contributed by atoms with van der Waals surface area (Å²) in [5.41, 5.74) is 1.70. The monoisotopic (exact) mass is 277 g/mol. The van der Waals surface area contributed by atoms with E-state index in [1.54, 1.807) is 12.1 Å². The van der Waals surface area contributed by atoms with Gasteiger partial charge in [0, 0.05) is 10.6 Å². The average molecular weight is 277 g/mol. The molecule has 1 heterocycles. The topological polar surface area (TPSA) is 29.1 Å². The molecule has 0 spiro atoms. The van der Waals surface area contributed by atoms with Crippen LogP contribution in [0.15, 0.2) is 30.3 Å². The number of nitrogens with one attached hydrogen (secondary N) is 1. The van der Waals surface area contributed by atoms with Crippen molar-refractivity contribution in [2.24, 2.45) is 0 Å².